The molecule has 12 heavy (non-hydrogen) atoms. The van der Waals surface area contributed by atoms with Crippen molar-refractivity contribution in [1.29, 1.82) is 0 Å². The Morgan fingerprint density at radius 3 is 2.67 bits per heavy atom. The van der Waals surface area contributed by atoms with Gasteiger partial charge in [-0.1, -0.05) is 12.0 Å². The molecule has 1 rings (SSSR count). The van der Waals surface area contributed by atoms with Gasteiger partial charge in [-0.05, 0) is 31.0 Å². The molecule has 0 N–H and O–H groups in total. The van der Waals surface area contributed by atoms with Gasteiger partial charge in [0.2, 0.25) is 0 Å². The molecule has 0 radical (unpaired) electrons. The Kier molecular flexibility index (Phi) is 2.74. The highest BCUT2D eigenvalue weighted by molar-refractivity contribution is 7.12. The maximum Gasteiger partial charge on any atom is 0.0608 e. The van der Waals surface area contributed by atoms with Crippen LogP contribution in [-0.4, -0.2) is 0 Å². The Morgan fingerprint density at radius 1 is 1.58 bits per heavy atom. The first-order chi connectivity index (χ1) is 5.65. The average Bonchev–Trinajstić information content (AvgIpc) is 2.30. The molecule has 0 bridgehead atoms. The minimum absolute atomic E-state index is 0.0417. The lowest BCUT2D eigenvalue weighted by Crippen LogP contribution is -1.86. The van der Waals surface area contributed by atoms with E-state index in [2.05, 4.69) is 29.9 Å². The minimum Gasteiger partial charge on any atom is -0.146 e. The van der Waals surface area contributed by atoms with E-state index in [1.807, 2.05) is 6.92 Å². The first-order valence-electron chi connectivity index (χ1n) is 3.76. The van der Waals surface area contributed by atoms with Crippen LogP contribution in [0.3, 0.4) is 0 Å². The summed E-state index contributed by atoms with van der Waals surface area (Å²) >= 11 is 1.74. The molecule has 0 aliphatic rings. The fourth-order valence-corrected chi connectivity index (χ4v) is 2.22. The number of azide groups is 1. The first kappa shape index (κ1) is 9.10. The predicted octanol–water partition coefficient (Wildman–Crippen LogP) is 3.74. The highest BCUT2D eigenvalue weighted by atomic mass is 32.1. The number of rotatable bonds is 2. The van der Waals surface area contributed by atoms with E-state index in [-0.39, 0.29) is 6.04 Å². The molecule has 0 aromatic carbocycles. The van der Waals surface area contributed by atoms with Crippen molar-refractivity contribution >= 4 is 11.3 Å². The van der Waals surface area contributed by atoms with Gasteiger partial charge < -0.3 is 0 Å². The van der Waals surface area contributed by atoms with Gasteiger partial charge in [-0.15, -0.1) is 11.3 Å². The number of nitrogens with zero attached hydrogens (tertiary/aromatic N) is 3. The summed E-state index contributed by atoms with van der Waals surface area (Å²) < 4.78 is 0. The smallest absolute Gasteiger partial charge is 0.0608 e. The summed E-state index contributed by atoms with van der Waals surface area (Å²) in [7, 11) is 0. The van der Waals surface area contributed by atoms with Crippen LogP contribution in [0.15, 0.2) is 11.2 Å². The molecule has 1 aromatic heterocycles. The predicted molar refractivity (Wildman–Crippen MR) is 51.4 cm³/mol. The molecule has 0 saturated carbocycles. The van der Waals surface area contributed by atoms with Crippen LogP contribution >= 0.6 is 11.3 Å². The molecule has 0 fully saturated rings. The lowest BCUT2D eigenvalue weighted by molar-refractivity contribution is 0.805. The van der Waals surface area contributed by atoms with Gasteiger partial charge in [-0.2, -0.15) is 0 Å². The average molecular weight is 181 g/mol. The fourth-order valence-electron chi connectivity index (χ4n) is 1.20. The molecule has 1 unspecified atom stereocenters. The van der Waals surface area contributed by atoms with Gasteiger partial charge in [0.25, 0.3) is 0 Å². The van der Waals surface area contributed by atoms with Crippen molar-refractivity contribution < 1.29 is 0 Å². The van der Waals surface area contributed by atoms with Crippen LogP contribution in [0.2, 0.25) is 0 Å². The molecule has 0 aliphatic carbocycles. The van der Waals surface area contributed by atoms with Crippen molar-refractivity contribution in [2.45, 2.75) is 26.8 Å². The first-order valence-corrected chi connectivity index (χ1v) is 4.58. The third-order valence-corrected chi connectivity index (χ3v) is 2.74. The standard InChI is InChI=1S/C8H11N3S/c1-5-4-8(7(3)12-5)6(2)10-11-9/h4,6H,1-3H3. The van der Waals surface area contributed by atoms with Crippen LogP contribution in [0.4, 0.5) is 0 Å². The van der Waals surface area contributed by atoms with Crippen molar-refractivity contribution in [2.24, 2.45) is 5.11 Å². The van der Waals surface area contributed by atoms with Crippen LogP contribution in [0.25, 0.3) is 10.4 Å². The van der Waals surface area contributed by atoms with Crippen LogP contribution < -0.4 is 0 Å². The summed E-state index contributed by atoms with van der Waals surface area (Å²) in [6, 6.07) is 2.04. The maximum atomic E-state index is 8.26. The Balaban J connectivity index is 3.01. The lowest BCUT2D eigenvalue weighted by atomic mass is 10.1. The topological polar surface area (TPSA) is 48.8 Å². The van der Waals surface area contributed by atoms with E-state index >= 15 is 0 Å². The third-order valence-electron chi connectivity index (χ3n) is 1.75. The van der Waals surface area contributed by atoms with Crippen molar-refractivity contribution in [3.8, 4) is 0 Å². The summed E-state index contributed by atoms with van der Waals surface area (Å²) in [5.74, 6) is 0. The Bertz CT molecular complexity index is 323. The molecular formula is C8H11N3S. The van der Waals surface area contributed by atoms with Gasteiger partial charge in [0.1, 0.15) is 0 Å². The van der Waals surface area contributed by atoms with E-state index in [0.29, 0.717) is 0 Å². The molecule has 0 spiro atoms. The van der Waals surface area contributed by atoms with Crippen LogP contribution in [-0.2, 0) is 0 Å². The van der Waals surface area contributed by atoms with E-state index in [0.717, 1.165) is 5.56 Å². The molecule has 1 heterocycles. The summed E-state index contributed by atoms with van der Waals surface area (Å²) in [6.45, 7) is 6.02. The second-order valence-electron chi connectivity index (χ2n) is 2.75. The molecule has 0 aliphatic heterocycles. The van der Waals surface area contributed by atoms with Crippen LogP contribution in [0, 0.1) is 13.8 Å². The molecule has 4 heteroatoms. The van der Waals surface area contributed by atoms with Gasteiger partial charge >= 0.3 is 0 Å². The summed E-state index contributed by atoms with van der Waals surface area (Å²) in [6.07, 6.45) is 0. The summed E-state index contributed by atoms with van der Waals surface area (Å²) in [5.41, 5.74) is 9.41. The summed E-state index contributed by atoms with van der Waals surface area (Å²) in [4.78, 5) is 5.30. The number of aryl methyl sites for hydroxylation is 2. The molecule has 0 amide bonds. The summed E-state index contributed by atoms with van der Waals surface area (Å²) in [5, 5.41) is 3.66. The molecule has 1 atom stereocenters. The van der Waals surface area contributed by atoms with E-state index in [9.17, 15) is 0 Å². The zero-order chi connectivity index (χ0) is 9.14. The van der Waals surface area contributed by atoms with Crippen LogP contribution in [0.5, 0.6) is 0 Å². The maximum absolute atomic E-state index is 8.26. The van der Waals surface area contributed by atoms with Gasteiger partial charge in [0.15, 0.2) is 0 Å². The van der Waals surface area contributed by atoms with Crippen molar-refractivity contribution in [2.75, 3.05) is 0 Å². The molecule has 0 saturated heterocycles. The Labute approximate surface area is 75.7 Å². The number of hydrogen-bond acceptors (Lipinski definition) is 2. The molecular weight excluding hydrogens is 170 g/mol. The molecule has 3 nitrogen and oxygen atoms in total. The SMILES string of the molecule is Cc1cc(C(C)N=[N+]=[N-])c(C)s1. The monoisotopic (exact) mass is 181 g/mol. The van der Waals surface area contributed by atoms with Gasteiger partial charge in [0, 0.05) is 14.7 Å². The normalized spacial score (nSPS) is 12.2. The van der Waals surface area contributed by atoms with Gasteiger partial charge in [-0.25, -0.2) is 0 Å². The Morgan fingerprint density at radius 2 is 2.25 bits per heavy atom. The van der Waals surface area contributed by atoms with Crippen molar-refractivity contribution in [3.63, 3.8) is 0 Å². The highest BCUT2D eigenvalue weighted by Crippen LogP contribution is 2.28. The van der Waals surface area contributed by atoms with Crippen LogP contribution in [0.1, 0.15) is 28.3 Å². The largest absolute Gasteiger partial charge is 0.146 e. The van der Waals surface area contributed by atoms with E-state index < -0.39 is 0 Å². The number of hydrogen-bond donors (Lipinski definition) is 0. The number of thiophene rings is 1. The van der Waals surface area contributed by atoms with E-state index in [4.69, 9.17) is 5.53 Å². The lowest BCUT2D eigenvalue weighted by Gasteiger charge is -2.01. The zero-order valence-electron chi connectivity index (χ0n) is 7.40. The fraction of sp³-hybridized carbons (Fsp3) is 0.500. The van der Waals surface area contributed by atoms with E-state index in [1.54, 1.807) is 11.3 Å². The highest BCUT2D eigenvalue weighted by Gasteiger charge is 2.08. The van der Waals surface area contributed by atoms with Gasteiger partial charge in [0.05, 0.1) is 6.04 Å². The second kappa shape index (κ2) is 3.61. The molecule has 64 valence electrons. The third kappa shape index (κ3) is 1.78. The Hall–Kier alpha value is -0.990. The van der Waals surface area contributed by atoms with Crippen molar-refractivity contribution in [3.05, 3.63) is 31.8 Å². The second-order valence-corrected chi connectivity index (χ2v) is 4.21. The van der Waals surface area contributed by atoms with E-state index in [1.165, 1.54) is 9.75 Å². The molecule has 1 aromatic rings. The quantitative estimate of drug-likeness (QED) is 0.379. The minimum atomic E-state index is -0.0417. The van der Waals surface area contributed by atoms with Gasteiger partial charge in [-0.3, -0.25) is 0 Å². The van der Waals surface area contributed by atoms with Crippen molar-refractivity contribution in [1.82, 2.24) is 0 Å². The zero-order valence-corrected chi connectivity index (χ0v) is 8.22.